The number of amides is 1. The van der Waals surface area contributed by atoms with Gasteiger partial charge in [0.05, 0.1) is 5.92 Å². The van der Waals surface area contributed by atoms with E-state index in [4.69, 9.17) is 4.52 Å². The van der Waals surface area contributed by atoms with Crippen LogP contribution in [0.5, 0.6) is 0 Å². The highest BCUT2D eigenvalue weighted by Gasteiger charge is 2.37. The van der Waals surface area contributed by atoms with E-state index < -0.39 is 0 Å². The summed E-state index contributed by atoms with van der Waals surface area (Å²) in [6, 6.07) is 0. The number of rotatable bonds is 3. The van der Waals surface area contributed by atoms with Crippen molar-refractivity contribution >= 4 is 5.91 Å². The van der Waals surface area contributed by atoms with Crippen LogP contribution in [0, 0.1) is 5.92 Å². The number of hydrogen-bond acceptors (Lipinski definition) is 4. The van der Waals surface area contributed by atoms with E-state index in [-0.39, 0.29) is 5.92 Å². The van der Waals surface area contributed by atoms with Crippen LogP contribution in [0.15, 0.2) is 4.52 Å². The van der Waals surface area contributed by atoms with Gasteiger partial charge in [0.1, 0.15) is 0 Å². The van der Waals surface area contributed by atoms with Gasteiger partial charge < -0.3 is 9.42 Å². The summed E-state index contributed by atoms with van der Waals surface area (Å²) in [6.07, 6.45) is 6.63. The lowest BCUT2D eigenvalue weighted by Gasteiger charge is -2.31. The third kappa shape index (κ3) is 2.26. The van der Waals surface area contributed by atoms with E-state index in [0.29, 0.717) is 17.7 Å². The van der Waals surface area contributed by atoms with Crippen molar-refractivity contribution in [3.05, 3.63) is 11.7 Å². The van der Waals surface area contributed by atoms with Crippen molar-refractivity contribution in [1.82, 2.24) is 15.0 Å². The molecule has 1 aromatic rings. The first-order chi connectivity index (χ1) is 9.31. The molecule has 2 saturated carbocycles. The van der Waals surface area contributed by atoms with Crippen LogP contribution >= 0.6 is 0 Å². The first kappa shape index (κ1) is 11.4. The minimum Gasteiger partial charge on any atom is -0.342 e. The molecule has 5 nitrogen and oxygen atoms in total. The quantitative estimate of drug-likeness (QED) is 0.835. The molecule has 5 heteroatoms. The van der Waals surface area contributed by atoms with Gasteiger partial charge in [0.15, 0.2) is 5.82 Å². The fraction of sp³-hybridized carbons (Fsp3) is 0.786. The molecular weight excluding hydrogens is 242 g/mol. The van der Waals surface area contributed by atoms with Crippen molar-refractivity contribution in [1.29, 1.82) is 0 Å². The summed E-state index contributed by atoms with van der Waals surface area (Å²) in [5, 5.41) is 4.08. The Morgan fingerprint density at radius 1 is 1.16 bits per heavy atom. The van der Waals surface area contributed by atoms with Crippen molar-refractivity contribution in [3.8, 4) is 0 Å². The van der Waals surface area contributed by atoms with Crippen molar-refractivity contribution < 1.29 is 9.32 Å². The molecule has 1 atom stereocenters. The monoisotopic (exact) mass is 261 g/mol. The Balaban J connectivity index is 1.45. The fourth-order valence-corrected chi connectivity index (χ4v) is 2.89. The molecule has 102 valence electrons. The number of aromatic nitrogens is 2. The lowest BCUT2D eigenvalue weighted by molar-refractivity contribution is -0.133. The predicted molar refractivity (Wildman–Crippen MR) is 67.6 cm³/mol. The molecule has 1 amide bonds. The van der Waals surface area contributed by atoms with Crippen LogP contribution in [0.1, 0.15) is 62.1 Å². The molecule has 0 aromatic carbocycles. The summed E-state index contributed by atoms with van der Waals surface area (Å²) >= 11 is 0. The summed E-state index contributed by atoms with van der Waals surface area (Å²) < 4.78 is 5.41. The van der Waals surface area contributed by atoms with Crippen molar-refractivity contribution in [3.63, 3.8) is 0 Å². The lowest BCUT2D eigenvalue weighted by atomic mass is 9.97. The van der Waals surface area contributed by atoms with Crippen molar-refractivity contribution in [2.75, 3.05) is 13.1 Å². The van der Waals surface area contributed by atoms with E-state index in [9.17, 15) is 4.79 Å². The molecule has 4 rings (SSSR count). The second-order valence-corrected chi connectivity index (χ2v) is 6.16. The zero-order chi connectivity index (χ0) is 12.8. The van der Waals surface area contributed by atoms with Crippen molar-refractivity contribution in [2.45, 2.75) is 50.4 Å². The Morgan fingerprint density at radius 2 is 2.00 bits per heavy atom. The van der Waals surface area contributed by atoms with Gasteiger partial charge in [0, 0.05) is 24.9 Å². The summed E-state index contributed by atoms with van der Waals surface area (Å²) in [5.41, 5.74) is 0. The molecule has 0 radical (unpaired) electrons. The predicted octanol–water partition coefficient (Wildman–Crippen LogP) is 2.06. The molecule has 19 heavy (non-hydrogen) atoms. The highest BCUT2D eigenvalue weighted by Crippen LogP contribution is 2.39. The summed E-state index contributed by atoms with van der Waals surface area (Å²) in [5.74, 6) is 3.05. The maximum atomic E-state index is 12.1. The Bertz CT molecular complexity index is 491. The largest absolute Gasteiger partial charge is 0.342 e. The second kappa shape index (κ2) is 4.32. The maximum Gasteiger partial charge on any atom is 0.231 e. The first-order valence-electron chi connectivity index (χ1n) is 7.43. The average Bonchev–Trinajstić information content (AvgIpc) is 3.37. The van der Waals surface area contributed by atoms with Gasteiger partial charge in [0.25, 0.3) is 0 Å². The van der Waals surface area contributed by atoms with Gasteiger partial charge in [-0.1, -0.05) is 5.16 Å². The van der Waals surface area contributed by atoms with Crippen LogP contribution in [-0.2, 0) is 4.79 Å². The average molecular weight is 261 g/mol. The van der Waals surface area contributed by atoms with Gasteiger partial charge in [-0.15, -0.1) is 0 Å². The summed E-state index contributed by atoms with van der Waals surface area (Å²) in [6.45, 7) is 1.66. The van der Waals surface area contributed by atoms with Crippen LogP contribution in [-0.4, -0.2) is 34.0 Å². The van der Waals surface area contributed by atoms with Crippen molar-refractivity contribution in [2.24, 2.45) is 5.92 Å². The summed E-state index contributed by atoms with van der Waals surface area (Å²) in [7, 11) is 0. The molecule has 3 fully saturated rings. The molecule has 1 aromatic heterocycles. The molecule has 2 aliphatic carbocycles. The van der Waals surface area contributed by atoms with E-state index in [2.05, 4.69) is 10.1 Å². The summed E-state index contributed by atoms with van der Waals surface area (Å²) in [4.78, 5) is 18.7. The highest BCUT2D eigenvalue weighted by molar-refractivity contribution is 5.81. The minimum absolute atomic E-state index is 0.247. The molecule has 1 unspecified atom stereocenters. The number of hydrogen-bond donors (Lipinski definition) is 0. The molecule has 0 spiro atoms. The van der Waals surface area contributed by atoms with Gasteiger partial charge in [-0.2, -0.15) is 4.98 Å². The topological polar surface area (TPSA) is 59.2 Å². The van der Waals surface area contributed by atoms with E-state index in [0.717, 1.165) is 50.5 Å². The first-order valence-corrected chi connectivity index (χ1v) is 7.43. The third-order valence-corrected chi connectivity index (χ3v) is 4.41. The molecule has 0 N–H and O–H groups in total. The third-order valence-electron chi connectivity index (χ3n) is 4.41. The van der Waals surface area contributed by atoms with E-state index in [1.54, 1.807) is 0 Å². The Hall–Kier alpha value is -1.39. The van der Waals surface area contributed by atoms with Crippen LogP contribution in [0.3, 0.4) is 0 Å². The van der Waals surface area contributed by atoms with Gasteiger partial charge in [-0.3, -0.25) is 4.79 Å². The number of nitrogens with zero attached hydrogens (tertiary/aromatic N) is 3. The number of piperidine rings is 1. The lowest BCUT2D eigenvalue weighted by Crippen LogP contribution is -2.40. The van der Waals surface area contributed by atoms with E-state index in [1.807, 2.05) is 4.90 Å². The minimum atomic E-state index is 0.247. The van der Waals surface area contributed by atoms with Crippen LogP contribution in [0.2, 0.25) is 0 Å². The van der Waals surface area contributed by atoms with Crippen LogP contribution < -0.4 is 0 Å². The van der Waals surface area contributed by atoms with Gasteiger partial charge in [0.2, 0.25) is 11.8 Å². The maximum absolute atomic E-state index is 12.1. The normalized spacial score (nSPS) is 27.6. The molecule has 1 aliphatic heterocycles. The van der Waals surface area contributed by atoms with Gasteiger partial charge in [-0.25, -0.2) is 0 Å². The van der Waals surface area contributed by atoms with Gasteiger partial charge >= 0.3 is 0 Å². The molecular formula is C14H19N3O2. The van der Waals surface area contributed by atoms with Crippen LogP contribution in [0.4, 0.5) is 0 Å². The highest BCUT2D eigenvalue weighted by atomic mass is 16.5. The fourth-order valence-electron chi connectivity index (χ4n) is 2.89. The SMILES string of the molecule is O=C(C1CC1)N1CCCC(c2nc(C3CC3)no2)C1. The van der Waals surface area contributed by atoms with E-state index >= 15 is 0 Å². The molecule has 3 aliphatic rings. The Kier molecular flexibility index (Phi) is 2.60. The Labute approximate surface area is 112 Å². The Morgan fingerprint density at radius 3 is 2.74 bits per heavy atom. The second-order valence-electron chi connectivity index (χ2n) is 6.16. The zero-order valence-electron chi connectivity index (χ0n) is 11.0. The molecule has 0 bridgehead atoms. The number of carbonyl (C=O) groups excluding carboxylic acids is 1. The molecule has 1 saturated heterocycles. The zero-order valence-corrected chi connectivity index (χ0v) is 11.0. The van der Waals surface area contributed by atoms with E-state index in [1.165, 1.54) is 12.8 Å². The standard InChI is InChI=1S/C14H19N3O2/c18-14(10-5-6-10)17-7-1-2-11(8-17)13-15-12(16-19-13)9-3-4-9/h9-11H,1-8H2. The smallest absolute Gasteiger partial charge is 0.231 e. The number of carbonyl (C=O) groups is 1. The number of likely N-dealkylation sites (tertiary alicyclic amines) is 1. The van der Waals surface area contributed by atoms with Crippen LogP contribution in [0.25, 0.3) is 0 Å². The molecule has 2 heterocycles. The van der Waals surface area contributed by atoms with Gasteiger partial charge in [-0.05, 0) is 38.5 Å².